The van der Waals surface area contributed by atoms with Crippen molar-refractivity contribution in [2.24, 2.45) is 29.6 Å². The molecule has 2 aliphatic rings. The number of alkyl halides is 1. The quantitative estimate of drug-likeness (QED) is 0.0599. The molecular weight excluding hydrogens is 712 g/mol. The maximum Gasteiger partial charge on any atom is 0.308 e. The Labute approximate surface area is 330 Å². The molecule has 0 amide bonds. The molecule has 0 N–H and O–H groups in total. The van der Waals surface area contributed by atoms with E-state index >= 15 is 4.39 Å². The fourth-order valence-electron chi connectivity index (χ4n) is 7.84. The second-order valence-electron chi connectivity index (χ2n) is 19.8. The van der Waals surface area contributed by atoms with Crippen LogP contribution < -0.4 is 0 Å². The first-order valence-electron chi connectivity index (χ1n) is 21.4. The SMILES string of the molecule is CCCC[C@H](C)C[C@@H](/C=C/[C@@H]1[C@@H]([C@@H](F)C#CC2CCCC(C(=O)OC)C2)[C@@H](O[Si](CC)(CC)CC)C[C@H]1O[Si](C)(C)C(C)(C)C)O[Si](C)(C)C(C)(C)C. The van der Waals surface area contributed by atoms with Gasteiger partial charge in [-0.3, -0.25) is 4.79 Å². The molecule has 0 aliphatic heterocycles. The second kappa shape index (κ2) is 20.6. The second-order valence-corrected chi connectivity index (χ2v) is 34.0. The van der Waals surface area contributed by atoms with Gasteiger partial charge in [0, 0.05) is 17.8 Å². The monoisotopic (exact) mass is 795 g/mol. The maximum absolute atomic E-state index is 17.3. The van der Waals surface area contributed by atoms with Gasteiger partial charge in [0.15, 0.2) is 31.1 Å². The molecule has 308 valence electrons. The summed E-state index contributed by atoms with van der Waals surface area (Å²) in [5, 5.41) is 0.0911. The van der Waals surface area contributed by atoms with Crippen LogP contribution in [-0.2, 0) is 22.8 Å². The van der Waals surface area contributed by atoms with Gasteiger partial charge >= 0.3 is 5.97 Å². The van der Waals surface area contributed by atoms with Gasteiger partial charge in [-0.15, -0.1) is 0 Å². The first kappa shape index (κ1) is 48.4. The molecule has 0 saturated heterocycles. The Morgan fingerprint density at radius 1 is 0.887 bits per heavy atom. The van der Waals surface area contributed by atoms with E-state index in [0.717, 1.165) is 43.8 Å². The minimum absolute atomic E-state index is 0.0116. The first-order chi connectivity index (χ1) is 24.5. The highest BCUT2D eigenvalue weighted by Crippen LogP contribution is 2.47. The Morgan fingerprint density at radius 3 is 2.02 bits per heavy atom. The number of esters is 1. The summed E-state index contributed by atoms with van der Waals surface area (Å²) in [6.45, 7) is 34.4. The third-order valence-corrected chi connectivity index (χ3v) is 27.5. The molecule has 0 aromatic carbocycles. The van der Waals surface area contributed by atoms with Crippen LogP contribution >= 0.6 is 0 Å². The van der Waals surface area contributed by atoms with Gasteiger partial charge in [0.1, 0.15) is 0 Å². The fourth-order valence-corrected chi connectivity index (χ4v) is 13.4. The summed E-state index contributed by atoms with van der Waals surface area (Å²) in [5.74, 6) is 6.04. The molecule has 2 saturated carbocycles. The number of carbonyl (C=O) groups is 1. The minimum Gasteiger partial charge on any atom is -0.469 e. The number of unbranched alkanes of at least 4 members (excludes halogenated alkanes) is 1. The van der Waals surface area contributed by atoms with Gasteiger partial charge in [-0.25, -0.2) is 4.39 Å². The standard InChI is InChI=1S/C44H83FO5Si3/c1-17-21-23-33(5)30-36(48-51(13,14)43(6,7)8)27-28-37-39(49-52(15,16)44(9,10)11)32-40(50-53(18-2,19-3)20-4)41(37)38(45)29-26-34-24-22-25-35(31-34)42(46)47-12/h27-28,33-41H,17-25,30-32H2,1-16H3/b28-27+/t33-,34?,35?,36+,37-,38-,39+,40-,41-/m0/s1. The lowest BCUT2D eigenvalue weighted by atomic mass is 9.81. The fraction of sp³-hybridized carbons (Fsp3) is 0.886. The van der Waals surface area contributed by atoms with Crippen molar-refractivity contribution in [2.45, 2.75) is 213 Å². The number of hydrogen-bond donors (Lipinski definition) is 0. The molecule has 0 aromatic heterocycles. The Morgan fingerprint density at radius 2 is 1.49 bits per heavy atom. The Kier molecular flexibility index (Phi) is 18.8. The summed E-state index contributed by atoms with van der Waals surface area (Å²) < 4.78 is 44.1. The van der Waals surface area contributed by atoms with Crippen molar-refractivity contribution < 1.29 is 27.2 Å². The lowest BCUT2D eigenvalue weighted by Gasteiger charge is -2.40. The average molecular weight is 795 g/mol. The van der Waals surface area contributed by atoms with Crippen LogP contribution in [0.2, 0.25) is 54.4 Å². The van der Waals surface area contributed by atoms with Crippen LogP contribution in [0.25, 0.3) is 0 Å². The van der Waals surface area contributed by atoms with Gasteiger partial charge < -0.3 is 18.0 Å². The van der Waals surface area contributed by atoms with Crippen LogP contribution in [0.4, 0.5) is 4.39 Å². The minimum atomic E-state index is -2.22. The molecular formula is C44H83FO5Si3. The van der Waals surface area contributed by atoms with E-state index < -0.39 is 37.0 Å². The summed E-state index contributed by atoms with van der Waals surface area (Å²) in [6.07, 6.45) is 11.2. The number of hydrogen-bond acceptors (Lipinski definition) is 5. The zero-order chi connectivity index (χ0) is 40.4. The molecule has 2 fully saturated rings. The third kappa shape index (κ3) is 13.7. The van der Waals surface area contributed by atoms with E-state index in [4.69, 9.17) is 18.0 Å². The number of carbonyl (C=O) groups excluding carboxylic acids is 1. The van der Waals surface area contributed by atoms with Crippen molar-refractivity contribution in [3.63, 3.8) is 0 Å². The summed E-state index contributed by atoms with van der Waals surface area (Å²) in [5.41, 5.74) is 0. The maximum atomic E-state index is 17.3. The molecule has 5 nitrogen and oxygen atoms in total. The molecule has 9 atom stereocenters. The van der Waals surface area contributed by atoms with Crippen molar-refractivity contribution in [3.8, 4) is 11.8 Å². The summed E-state index contributed by atoms with van der Waals surface area (Å²) in [7, 11) is -4.96. The Hall–Kier alpha value is -0.769. The molecule has 2 aliphatic carbocycles. The number of rotatable bonds is 18. The zero-order valence-corrected chi connectivity index (χ0v) is 40.3. The van der Waals surface area contributed by atoms with Crippen molar-refractivity contribution in [2.75, 3.05) is 7.11 Å². The van der Waals surface area contributed by atoms with Gasteiger partial charge in [-0.05, 0) is 92.4 Å². The molecule has 0 heterocycles. The first-order valence-corrected chi connectivity index (χ1v) is 29.8. The smallest absolute Gasteiger partial charge is 0.308 e. The van der Waals surface area contributed by atoms with Gasteiger partial charge in [0.2, 0.25) is 0 Å². The molecule has 0 spiro atoms. The molecule has 0 bridgehead atoms. The van der Waals surface area contributed by atoms with Crippen molar-refractivity contribution in [1.82, 2.24) is 0 Å². The molecule has 0 radical (unpaired) electrons. The molecule has 2 unspecified atom stereocenters. The summed E-state index contributed by atoms with van der Waals surface area (Å²) >= 11 is 0. The van der Waals surface area contributed by atoms with Crippen LogP contribution in [0, 0.1) is 41.4 Å². The number of ether oxygens (including phenoxy) is 1. The van der Waals surface area contributed by atoms with Crippen LogP contribution in [0.1, 0.15) is 134 Å². The molecule has 9 heteroatoms. The van der Waals surface area contributed by atoms with E-state index in [-0.39, 0.29) is 52.1 Å². The molecule has 2 rings (SSSR count). The third-order valence-electron chi connectivity index (χ3n) is 13.8. The predicted molar refractivity (Wildman–Crippen MR) is 230 cm³/mol. The van der Waals surface area contributed by atoms with Gasteiger partial charge in [-0.1, -0.05) is 126 Å². The average Bonchev–Trinajstić information content (AvgIpc) is 3.41. The predicted octanol–water partition coefficient (Wildman–Crippen LogP) is 12.9. The normalized spacial score (nSPS) is 26.6. The van der Waals surface area contributed by atoms with Crippen LogP contribution in [0.3, 0.4) is 0 Å². The number of methoxy groups -OCH3 is 1. The van der Waals surface area contributed by atoms with E-state index in [1.807, 2.05) is 0 Å². The van der Waals surface area contributed by atoms with E-state index in [1.165, 1.54) is 26.4 Å². The van der Waals surface area contributed by atoms with Crippen molar-refractivity contribution in [1.29, 1.82) is 0 Å². The van der Waals surface area contributed by atoms with Gasteiger partial charge in [0.05, 0.1) is 31.3 Å². The van der Waals surface area contributed by atoms with E-state index in [1.54, 1.807) is 0 Å². The van der Waals surface area contributed by atoms with Crippen molar-refractivity contribution >= 4 is 30.9 Å². The van der Waals surface area contributed by atoms with E-state index in [9.17, 15) is 4.79 Å². The number of halogens is 1. The van der Waals surface area contributed by atoms with Crippen LogP contribution in [0.15, 0.2) is 12.2 Å². The van der Waals surface area contributed by atoms with Crippen molar-refractivity contribution in [3.05, 3.63) is 12.2 Å². The topological polar surface area (TPSA) is 54.0 Å². The highest BCUT2D eigenvalue weighted by atomic mass is 28.4. The van der Waals surface area contributed by atoms with Crippen LogP contribution in [0.5, 0.6) is 0 Å². The summed E-state index contributed by atoms with van der Waals surface area (Å²) in [6, 6.07) is 3.03. The highest BCUT2D eigenvalue weighted by Gasteiger charge is 2.52. The van der Waals surface area contributed by atoms with E-state index in [0.29, 0.717) is 18.8 Å². The highest BCUT2D eigenvalue weighted by molar-refractivity contribution is 6.74. The lowest BCUT2D eigenvalue weighted by molar-refractivity contribution is -0.146. The van der Waals surface area contributed by atoms with Gasteiger partial charge in [0.25, 0.3) is 0 Å². The largest absolute Gasteiger partial charge is 0.469 e. The van der Waals surface area contributed by atoms with Gasteiger partial charge in [-0.2, -0.15) is 0 Å². The Balaban J connectivity index is 2.71. The molecule has 0 aromatic rings. The zero-order valence-electron chi connectivity index (χ0n) is 37.3. The summed E-state index contributed by atoms with van der Waals surface area (Å²) in [4.78, 5) is 12.4. The Bertz CT molecular complexity index is 1200. The lowest BCUT2D eigenvalue weighted by Crippen LogP contribution is -2.45. The van der Waals surface area contributed by atoms with Crippen LogP contribution in [-0.4, -0.2) is 62.5 Å². The molecule has 53 heavy (non-hydrogen) atoms. The van der Waals surface area contributed by atoms with E-state index in [2.05, 4.69) is 126 Å².